The molecule has 0 saturated carbocycles. The van der Waals surface area contributed by atoms with Crippen molar-refractivity contribution >= 4 is 12.1 Å². The second kappa shape index (κ2) is 6.03. The van der Waals surface area contributed by atoms with Crippen LogP contribution in [0.1, 0.15) is 19.8 Å². The standard InChI is InChI=1S/C16H26N4O3/c1-4-20-13(2)16(23-15(20)22)5-7-18(8-6-16)14(21)19-11-9-17(3)10-12-19/h2,4-12H2,1,3H3. The molecule has 3 aliphatic heterocycles. The Kier molecular flexibility index (Phi) is 4.23. The van der Waals surface area contributed by atoms with Gasteiger partial charge in [-0.15, -0.1) is 0 Å². The van der Waals surface area contributed by atoms with Gasteiger partial charge in [0.05, 0.1) is 5.70 Å². The number of ether oxygens (including phenoxy) is 1. The summed E-state index contributed by atoms with van der Waals surface area (Å²) in [5, 5.41) is 0. The van der Waals surface area contributed by atoms with Gasteiger partial charge in [-0.3, -0.25) is 4.90 Å². The Hall–Kier alpha value is -1.76. The number of carbonyl (C=O) groups is 2. The number of amides is 3. The van der Waals surface area contributed by atoms with Crippen molar-refractivity contribution in [3.8, 4) is 0 Å². The molecule has 0 aromatic heterocycles. The summed E-state index contributed by atoms with van der Waals surface area (Å²) in [4.78, 5) is 32.2. The summed E-state index contributed by atoms with van der Waals surface area (Å²) in [7, 11) is 2.08. The number of likely N-dealkylation sites (N-methyl/N-ethyl adjacent to an activating group) is 2. The van der Waals surface area contributed by atoms with Crippen LogP contribution in [-0.4, -0.2) is 90.2 Å². The number of piperidine rings is 1. The van der Waals surface area contributed by atoms with E-state index in [9.17, 15) is 9.59 Å². The summed E-state index contributed by atoms with van der Waals surface area (Å²) < 4.78 is 5.62. The molecule has 0 radical (unpaired) electrons. The van der Waals surface area contributed by atoms with Gasteiger partial charge >= 0.3 is 12.1 Å². The highest BCUT2D eigenvalue weighted by atomic mass is 16.6. The molecule has 128 valence electrons. The smallest absolute Gasteiger partial charge is 0.415 e. The molecule has 7 nitrogen and oxygen atoms in total. The predicted molar refractivity (Wildman–Crippen MR) is 86.0 cm³/mol. The molecule has 0 bridgehead atoms. The van der Waals surface area contributed by atoms with Gasteiger partial charge in [-0.05, 0) is 14.0 Å². The van der Waals surface area contributed by atoms with Crippen LogP contribution in [0.5, 0.6) is 0 Å². The van der Waals surface area contributed by atoms with Crippen LogP contribution < -0.4 is 0 Å². The fraction of sp³-hybridized carbons (Fsp3) is 0.750. The minimum Gasteiger partial charge on any atom is -0.436 e. The minimum atomic E-state index is -0.605. The van der Waals surface area contributed by atoms with Crippen LogP contribution in [0.25, 0.3) is 0 Å². The molecule has 3 saturated heterocycles. The van der Waals surface area contributed by atoms with Gasteiger partial charge in [-0.25, -0.2) is 9.59 Å². The number of hydrogen-bond donors (Lipinski definition) is 0. The van der Waals surface area contributed by atoms with Gasteiger partial charge in [-0.2, -0.15) is 0 Å². The third-order valence-electron chi connectivity index (χ3n) is 5.29. The largest absolute Gasteiger partial charge is 0.436 e. The molecule has 3 fully saturated rings. The van der Waals surface area contributed by atoms with E-state index in [0.29, 0.717) is 32.5 Å². The summed E-state index contributed by atoms with van der Waals surface area (Å²) in [6.45, 7) is 11.2. The van der Waals surface area contributed by atoms with E-state index in [-0.39, 0.29) is 12.1 Å². The lowest BCUT2D eigenvalue weighted by Gasteiger charge is -2.41. The summed E-state index contributed by atoms with van der Waals surface area (Å²) in [6.07, 6.45) is 0.956. The van der Waals surface area contributed by atoms with Gasteiger partial charge in [0.1, 0.15) is 0 Å². The number of rotatable bonds is 1. The number of piperazine rings is 1. The summed E-state index contributed by atoms with van der Waals surface area (Å²) in [6, 6.07) is 0.107. The van der Waals surface area contributed by atoms with Crippen molar-refractivity contribution in [3.05, 3.63) is 12.3 Å². The molecule has 0 aromatic carbocycles. The highest BCUT2D eigenvalue weighted by molar-refractivity contribution is 5.76. The van der Waals surface area contributed by atoms with Crippen molar-refractivity contribution in [1.82, 2.24) is 19.6 Å². The lowest BCUT2D eigenvalue weighted by molar-refractivity contribution is 0.0178. The number of likely N-dealkylation sites (tertiary alicyclic amines) is 1. The van der Waals surface area contributed by atoms with Gasteiger partial charge < -0.3 is 19.4 Å². The highest BCUT2D eigenvalue weighted by Crippen LogP contribution is 2.40. The Balaban J connectivity index is 1.59. The zero-order chi connectivity index (χ0) is 16.6. The quantitative estimate of drug-likeness (QED) is 0.727. The monoisotopic (exact) mass is 322 g/mol. The van der Waals surface area contributed by atoms with Gasteiger partial charge in [0.15, 0.2) is 5.60 Å². The van der Waals surface area contributed by atoms with Crippen LogP contribution in [0.2, 0.25) is 0 Å². The molecule has 7 heteroatoms. The van der Waals surface area contributed by atoms with Crippen molar-refractivity contribution in [2.75, 3.05) is 52.9 Å². The molecular formula is C16H26N4O3. The Morgan fingerprint density at radius 3 is 2.22 bits per heavy atom. The van der Waals surface area contributed by atoms with Crippen molar-refractivity contribution in [2.45, 2.75) is 25.4 Å². The summed E-state index contributed by atoms with van der Waals surface area (Å²) in [5.74, 6) is 0. The molecule has 0 atom stereocenters. The summed E-state index contributed by atoms with van der Waals surface area (Å²) >= 11 is 0. The van der Waals surface area contributed by atoms with E-state index in [1.54, 1.807) is 4.90 Å². The van der Waals surface area contributed by atoms with Crippen molar-refractivity contribution in [1.29, 1.82) is 0 Å². The van der Waals surface area contributed by atoms with E-state index in [1.165, 1.54) is 0 Å². The number of urea groups is 1. The second-order valence-electron chi connectivity index (χ2n) is 6.61. The molecule has 0 aliphatic carbocycles. The van der Waals surface area contributed by atoms with E-state index in [4.69, 9.17) is 4.74 Å². The van der Waals surface area contributed by atoms with Crippen LogP contribution in [-0.2, 0) is 4.74 Å². The van der Waals surface area contributed by atoms with E-state index in [0.717, 1.165) is 31.9 Å². The van der Waals surface area contributed by atoms with Gasteiger partial charge in [0, 0.05) is 58.7 Å². The van der Waals surface area contributed by atoms with E-state index < -0.39 is 5.60 Å². The minimum absolute atomic E-state index is 0.107. The molecule has 3 amide bonds. The van der Waals surface area contributed by atoms with Gasteiger partial charge in [-0.1, -0.05) is 6.58 Å². The fourth-order valence-corrected chi connectivity index (χ4v) is 3.60. The van der Waals surface area contributed by atoms with Crippen LogP contribution in [0.3, 0.4) is 0 Å². The maximum Gasteiger partial charge on any atom is 0.415 e. The van der Waals surface area contributed by atoms with Crippen LogP contribution in [0.4, 0.5) is 9.59 Å². The first-order chi connectivity index (χ1) is 11.0. The number of nitrogens with zero attached hydrogens (tertiary/aromatic N) is 4. The predicted octanol–water partition coefficient (Wildman–Crippen LogP) is 1.17. The Morgan fingerprint density at radius 2 is 1.70 bits per heavy atom. The number of carbonyl (C=O) groups excluding carboxylic acids is 2. The van der Waals surface area contributed by atoms with E-state index in [2.05, 4.69) is 18.5 Å². The van der Waals surface area contributed by atoms with Crippen molar-refractivity contribution in [2.24, 2.45) is 0 Å². The van der Waals surface area contributed by atoms with Crippen molar-refractivity contribution < 1.29 is 14.3 Å². The number of hydrogen-bond acceptors (Lipinski definition) is 4. The topological polar surface area (TPSA) is 56.3 Å². The molecule has 1 spiro atoms. The Bertz CT molecular complexity index is 505. The lowest BCUT2D eigenvalue weighted by Crippen LogP contribution is -2.55. The molecule has 3 heterocycles. The van der Waals surface area contributed by atoms with Crippen LogP contribution >= 0.6 is 0 Å². The zero-order valence-electron chi connectivity index (χ0n) is 14.1. The first-order valence-corrected chi connectivity index (χ1v) is 8.39. The molecule has 0 unspecified atom stereocenters. The SMILES string of the molecule is C=C1N(CC)C(=O)OC12CCN(C(=O)N1CCN(C)CC1)CC2. The third kappa shape index (κ3) is 2.78. The third-order valence-corrected chi connectivity index (χ3v) is 5.29. The van der Waals surface area contributed by atoms with Gasteiger partial charge in [0.25, 0.3) is 0 Å². The average molecular weight is 322 g/mol. The maximum absolute atomic E-state index is 12.6. The lowest BCUT2D eigenvalue weighted by atomic mass is 9.88. The second-order valence-corrected chi connectivity index (χ2v) is 6.61. The van der Waals surface area contributed by atoms with Crippen LogP contribution in [0, 0.1) is 0 Å². The highest BCUT2D eigenvalue weighted by Gasteiger charge is 2.50. The molecule has 0 N–H and O–H groups in total. The molecule has 3 rings (SSSR count). The normalized spacial score (nSPS) is 25.2. The van der Waals surface area contributed by atoms with Crippen LogP contribution in [0.15, 0.2) is 12.3 Å². The fourth-order valence-electron chi connectivity index (χ4n) is 3.60. The average Bonchev–Trinajstić information content (AvgIpc) is 2.78. The van der Waals surface area contributed by atoms with Gasteiger partial charge in [0.2, 0.25) is 0 Å². The molecule has 3 aliphatic rings. The first kappa shape index (κ1) is 16.1. The molecular weight excluding hydrogens is 296 g/mol. The van der Waals surface area contributed by atoms with E-state index in [1.807, 2.05) is 16.7 Å². The Labute approximate surface area is 137 Å². The van der Waals surface area contributed by atoms with E-state index >= 15 is 0 Å². The molecule has 23 heavy (non-hydrogen) atoms. The summed E-state index contributed by atoms with van der Waals surface area (Å²) in [5.41, 5.74) is 0.142. The maximum atomic E-state index is 12.6. The molecule has 0 aromatic rings. The van der Waals surface area contributed by atoms with Crippen molar-refractivity contribution in [3.63, 3.8) is 0 Å². The zero-order valence-corrected chi connectivity index (χ0v) is 14.1. The Morgan fingerprint density at radius 1 is 1.13 bits per heavy atom. The first-order valence-electron chi connectivity index (χ1n) is 8.39.